The fourth-order valence-corrected chi connectivity index (χ4v) is 0.975. The maximum absolute atomic E-state index is 5.52. The summed E-state index contributed by atoms with van der Waals surface area (Å²) in [5, 5.41) is 7.64. The molecule has 0 aliphatic carbocycles. The van der Waals surface area contributed by atoms with Gasteiger partial charge in [-0.15, -0.1) is 21.8 Å². The summed E-state index contributed by atoms with van der Waals surface area (Å²) in [6, 6.07) is 0. The van der Waals surface area contributed by atoms with Gasteiger partial charge in [0.1, 0.15) is 5.88 Å². The monoisotopic (exact) mass is 188 g/mol. The molecule has 0 saturated heterocycles. The third kappa shape index (κ3) is 2.81. The minimum atomic E-state index is 0.177. The van der Waals surface area contributed by atoms with Crippen LogP contribution in [-0.4, -0.2) is 10.2 Å². The van der Waals surface area contributed by atoms with Crippen molar-refractivity contribution in [2.24, 2.45) is 5.41 Å². The highest BCUT2D eigenvalue weighted by atomic mass is 35.5. The van der Waals surface area contributed by atoms with E-state index < -0.39 is 0 Å². The molecule has 0 aliphatic heterocycles. The molecule has 0 atom stereocenters. The zero-order valence-corrected chi connectivity index (χ0v) is 8.35. The topological polar surface area (TPSA) is 38.9 Å². The molecule has 0 aromatic carbocycles. The van der Waals surface area contributed by atoms with Gasteiger partial charge in [0, 0.05) is 6.42 Å². The lowest BCUT2D eigenvalue weighted by Gasteiger charge is -2.14. The smallest absolute Gasteiger partial charge is 0.231 e. The molecule has 0 radical (unpaired) electrons. The third-order valence-corrected chi connectivity index (χ3v) is 1.53. The van der Waals surface area contributed by atoms with Crippen molar-refractivity contribution in [3.8, 4) is 0 Å². The van der Waals surface area contributed by atoms with Crippen LogP contribution >= 0.6 is 11.6 Å². The van der Waals surface area contributed by atoms with Gasteiger partial charge in [0.05, 0.1) is 0 Å². The molecule has 1 heterocycles. The van der Waals surface area contributed by atoms with Crippen molar-refractivity contribution in [2.45, 2.75) is 33.1 Å². The Morgan fingerprint density at radius 1 is 1.25 bits per heavy atom. The van der Waals surface area contributed by atoms with Gasteiger partial charge in [-0.1, -0.05) is 20.8 Å². The minimum Gasteiger partial charge on any atom is -0.424 e. The quantitative estimate of drug-likeness (QED) is 0.669. The summed E-state index contributed by atoms with van der Waals surface area (Å²) in [6.07, 6.45) is 0.789. The number of nitrogens with zero attached hydrogens (tertiary/aromatic N) is 2. The highest BCUT2D eigenvalue weighted by Gasteiger charge is 2.15. The van der Waals surface area contributed by atoms with Crippen molar-refractivity contribution in [1.29, 1.82) is 0 Å². The van der Waals surface area contributed by atoms with Crippen LogP contribution in [0.15, 0.2) is 4.42 Å². The first-order valence-electron chi connectivity index (χ1n) is 3.88. The highest BCUT2D eigenvalue weighted by molar-refractivity contribution is 6.16. The van der Waals surface area contributed by atoms with E-state index in [2.05, 4.69) is 31.0 Å². The van der Waals surface area contributed by atoms with Gasteiger partial charge in [0.15, 0.2) is 0 Å². The third-order valence-electron chi connectivity index (χ3n) is 1.30. The fourth-order valence-electron chi connectivity index (χ4n) is 0.867. The summed E-state index contributed by atoms with van der Waals surface area (Å²) < 4.78 is 5.25. The molecule has 1 rings (SSSR count). The molecule has 0 saturated carbocycles. The Morgan fingerprint density at radius 3 is 2.25 bits per heavy atom. The van der Waals surface area contributed by atoms with Gasteiger partial charge in [-0.25, -0.2) is 0 Å². The van der Waals surface area contributed by atoms with Crippen molar-refractivity contribution in [3.05, 3.63) is 11.8 Å². The molecule has 68 valence electrons. The van der Waals surface area contributed by atoms with Gasteiger partial charge in [-0.3, -0.25) is 0 Å². The van der Waals surface area contributed by atoms with Gasteiger partial charge in [-0.2, -0.15) is 0 Å². The number of rotatable bonds is 2. The Morgan fingerprint density at radius 2 is 1.83 bits per heavy atom. The first-order chi connectivity index (χ1) is 5.51. The Labute approximate surface area is 77.1 Å². The van der Waals surface area contributed by atoms with Crippen molar-refractivity contribution in [1.82, 2.24) is 10.2 Å². The molecule has 12 heavy (non-hydrogen) atoms. The predicted octanol–water partition coefficient (Wildman–Crippen LogP) is 2.40. The van der Waals surface area contributed by atoms with Crippen LogP contribution in [0.3, 0.4) is 0 Å². The summed E-state index contributed by atoms with van der Waals surface area (Å²) in [5.41, 5.74) is 0.177. The molecule has 0 N–H and O–H groups in total. The van der Waals surface area contributed by atoms with Crippen LogP contribution in [0.1, 0.15) is 32.6 Å². The van der Waals surface area contributed by atoms with Crippen molar-refractivity contribution in [3.63, 3.8) is 0 Å². The first kappa shape index (κ1) is 9.52. The number of aromatic nitrogens is 2. The Hall–Kier alpha value is -0.570. The molecule has 0 amide bonds. The molecule has 1 aromatic heterocycles. The second-order valence-electron chi connectivity index (χ2n) is 3.96. The predicted molar refractivity (Wildman–Crippen MR) is 47.0 cm³/mol. The molecular formula is C8H13ClN2O. The second kappa shape index (κ2) is 3.44. The van der Waals surface area contributed by atoms with Crippen molar-refractivity contribution in [2.75, 3.05) is 0 Å². The SMILES string of the molecule is CC(C)(C)Cc1nnc(CCl)o1. The molecule has 0 fully saturated rings. The van der Waals surface area contributed by atoms with Gasteiger partial charge in [-0.05, 0) is 5.41 Å². The first-order valence-corrected chi connectivity index (χ1v) is 4.42. The van der Waals surface area contributed by atoms with E-state index in [1.807, 2.05) is 0 Å². The summed E-state index contributed by atoms with van der Waals surface area (Å²) in [6.45, 7) is 6.37. The average molecular weight is 189 g/mol. The maximum Gasteiger partial charge on any atom is 0.231 e. The van der Waals surface area contributed by atoms with Gasteiger partial charge in [0.25, 0.3) is 0 Å². The van der Waals surface area contributed by atoms with E-state index in [0.29, 0.717) is 11.8 Å². The highest BCUT2D eigenvalue weighted by Crippen LogP contribution is 2.19. The van der Waals surface area contributed by atoms with Crippen LogP contribution in [0.25, 0.3) is 0 Å². The van der Waals surface area contributed by atoms with Crippen LogP contribution in [0.5, 0.6) is 0 Å². The van der Waals surface area contributed by atoms with E-state index in [-0.39, 0.29) is 11.3 Å². The summed E-state index contributed by atoms with van der Waals surface area (Å²) in [7, 11) is 0. The largest absolute Gasteiger partial charge is 0.424 e. The molecule has 0 spiro atoms. The van der Waals surface area contributed by atoms with E-state index in [4.69, 9.17) is 16.0 Å². The summed E-state index contributed by atoms with van der Waals surface area (Å²) in [4.78, 5) is 0. The second-order valence-corrected chi connectivity index (χ2v) is 4.23. The van der Waals surface area contributed by atoms with E-state index in [9.17, 15) is 0 Å². The van der Waals surface area contributed by atoms with Gasteiger partial charge < -0.3 is 4.42 Å². The van der Waals surface area contributed by atoms with Gasteiger partial charge >= 0.3 is 0 Å². The van der Waals surface area contributed by atoms with Crippen LogP contribution < -0.4 is 0 Å². The van der Waals surface area contributed by atoms with E-state index in [1.165, 1.54) is 0 Å². The standard InChI is InChI=1S/C8H13ClN2O/c1-8(2,3)4-6-10-11-7(5-9)12-6/h4-5H2,1-3H3. The molecule has 0 bridgehead atoms. The Balaban J connectivity index is 2.64. The number of hydrogen-bond donors (Lipinski definition) is 0. The van der Waals surface area contributed by atoms with Gasteiger partial charge in [0.2, 0.25) is 11.8 Å². The maximum atomic E-state index is 5.52. The van der Waals surface area contributed by atoms with Crippen LogP contribution in [0.4, 0.5) is 0 Å². The lowest BCUT2D eigenvalue weighted by atomic mass is 9.92. The molecule has 0 aliphatic rings. The molecule has 1 aromatic rings. The lowest BCUT2D eigenvalue weighted by Crippen LogP contribution is -2.09. The van der Waals surface area contributed by atoms with E-state index in [1.54, 1.807) is 0 Å². The number of alkyl halides is 1. The molecule has 3 nitrogen and oxygen atoms in total. The normalized spacial score (nSPS) is 12.0. The lowest BCUT2D eigenvalue weighted by molar-refractivity contribution is 0.348. The van der Waals surface area contributed by atoms with E-state index >= 15 is 0 Å². The molecular weight excluding hydrogens is 176 g/mol. The zero-order valence-electron chi connectivity index (χ0n) is 7.59. The van der Waals surface area contributed by atoms with Crippen LogP contribution in [0, 0.1) is 5.41 Å². The Bertz CT molecular complexity index is 252. The van der Waals surface area contributed by atoms with Crippen molar-refractivity contribution >= 4 is 11.6 Å². The minimum absolute atomic E-state index is 0.177. The van der Waals surface area contributed by atoms with Crippen LogP contribution in [0.2, 0.25) is 0 Å². The summed E-state index contributed by atoms with van der Waals surface area (Å²) in [5.74, 6) is 1.45. The van der Waals surface area contributed by atoms with Crippen LogP contribution in [-0.2, 0) is 12.3 Å². The molecule has 4 heteroatoms. The fraction of sp³-hybridized carbons (Fsp3) is 0.750. The molecule has 0 unspecified atom stereocenters. The van der Waals surface area contributed by atoms with E-state index in [0.717, 1.165) is 6.42 Å². The zero-order chi connectivity index (χ0) is 9.19. The number of hydrogen-bond acceptors (Lipinski definition) is 3. The van der Waals surface area contributed by atoms with Crippen molar-refractivity contribution < 1.29 is 4.42 Å². The number of halogens is 1. The summed E-state index contributed by atoms with van der Waals surface area (Å²) >= 11 is 5.52. The average Bonchev–Trinajstić information content (AvgIpc) is 2.32. The Kier molecular flexibility index (Phi) is 2.73.